The first-order valence-electron chi connectivity index (χ1n) is 6.41. The van der Waals surface area contributed by atoms with Gasteiger partial charge in [0.15, 0.2) is 0 Å². The number of aromatic nitrogens is 1. The first-order chi connectivity index (χ1) is 10.1. The number of pyridine rings is 1. The van der Waals surface area contributed by atoms with Gasteiger partial charge in [0.25, 0.3) is 0 Å². The molecule has 0 radical (unpaired) electrons. The summed E-state index contributed by atoms with van der Waals surface area (Å²) < 4.78 is 1.77. The fraction of sp³-hybridized carbons (Fsp3) is 0. The zero-order valence-corrected chi connectivity index (χ0v) is 14.2. The zero-order valence-electron chi connectivity index (χ0n) is 11.1. The molecule has 0 aliphatic heterocycles. The highest BCUT2D eigenvalue weighted by Crippen LogP contribution is 2.30. The molecule has 3 aromatic rings. The highest BCUT2D eigenvalue weighted by Gasteiger charge is 2.03. The summed E-state index contributed by atoms with van der Waals surface area (Å²) in [5.41, 5.74) is 9.83. The van der Waals surface area contributed by atoms with E-state index in [4.69, 9.17) is 5.73 Å². The van der Waals surface area contributed by atoms with E-state index in [0.717, 1.165) is 31.0 Å². The number of nitrogen functional groups attached to an aromatic ring is 1. The summed E-state index contributed by atoms with van der Waals surface area (Å²) in [4.78, 5) is 4.37. The number of benzene rings is 2. The molecule has 0 fully saturated rings. The van der Waals surface area contributed by atoms with Gasteiger partial charge in [-0.3, -0.25) is 4.98 Å². The van der Waals surface area contributed by atoms with Crippen molar-refractivity contribution >= 4 is 60.6 Å². The lowest BCUT2D eigenvalue weighted by atomic mass is 10.1. The molecule has 0 aliphatic rings. The third-order valence-electron chi connectivity index (χ3n) is 3.24. The van der Waals surface area contributed by atoms with Gasteiger partial charge in [0.05, 0.1) is 11.2 Å². The fourth-order valence-electron chi connectivity index (χ4n) is 2.15. The smallest absolute Gasteiger partial charge is 0.0707 e. The van der Waals surface area contributed by atoms with Crippen molar-refractivity contribution in [1.29, 1.82) is 0 Å². The molecule has 1 heterocycles. The Morgan fingerprint density at radius 1 is 0.952 bits per heavy atom. The van der Waals surface area contributed by atoms with Crippen molar-refractivity contribution in [3.05, 3.63) is 68.7 Å². The number of hydrogen-bond acceptors (Lipinski definition) is 2. The number of fused-ring (bicyclic) bond motifs is 1. The molecular formula is C17H12Br2N2. The van der Waals surface area contributed by atoms with E-state index in [0.29, 0.717) is 5.69 Å². The van der Waals surface area contributed by atoms with Gasteiger partial charge in [-0.25, -0.2) is 0 Å². The number of hydrogen-bond donors (Lipinski definition) is 1. The van der Waals surface area contributed by atoms with Gasteiger partial charge in [0.2, 0.25) is 0 Å². The van der Waals surface area contributed by atoms with Crippen molar-refractivity contribution in [3.8, 4) is 0 Å². The van der Waals surface area contributed by atoms with Crippen molar-refractivity contribution < 1.29 is 0 Å². The van der Waals surface area contributed by atoms with Crippen LogP contribution in [0.4, 0.5) is 5.69 Å². The molecule has 3 rings (SSSR count). The molecule has 4 heteroatoms. The maximum atomic E-state index is 5.91. The van der Waals surface area contributed by atoms with Crippen LogP contribution in [-0.2, 0) is 0 Å². The van der Waals surface area contributed by atoms with E-state index in [9.17, 15) is 0 Å². The fourth-order valence-corrected chi connectivity index (χ4v) is 3.37. The van der Waals surface area contributed by atoms with Gasteiger partial charge < -0.3 is 5.73 Å². The summed E-state index contributed by atoms with van der Waals surface area (Å²) in [6.07, 6.45) is 5.99. The van der Waals surface area contributed by atoms with Crippen LogP contribution in [0, 0.1) is 0 Å². The lowest BCUT2D eigenvalue weighted by Crippen LogP contribution is -1.89. The third kappa shape index (κ3) is 3.01. The first-order valence-corrected chi connectivity index (χ1v) is 8.00. The van der Waals surface area contributed by atoms with Gasteiger partial charge >= 0.3 is 0 Å². The Balaban J connectivity index is 2.02. The Morgan fingerprint density at radius 3 is 2.43 bits per heavy atom. The van der Waals surface area contributed by atoms with Gasteiger partial charge in [-0.05, 0) is 67.3 Å². The van der Waals surface area contributed by atoms with Crippen molar-refractivity contribution in [2.45, 2.75) is 0 Å². The highest BCUT2D eigenvalue weighted by atomic mass is 79.9. The summed E-state index contributed by atoms with van der Waals surface area (Å²) in [6.45, 7) is 0. The Labute approximate surface area is 140 Å². The second kappa shape index (κ2) is 6.00. The molecule has 0 spiro atoms. The Kier molecular flexibility index (Phi) is 4.08. The molecule has 2 aromatic carbocycles. The molecule has 0 atom stereocenters. The SMILES string of the molecule is Nc1c(Br)cc(/C=C/c2ccnc3ccccc23)cc1Br. The molecule has 2 N–H and O–H groups in total. The molecule has 0 saturated heterocycles. The van der Waals surface area contributed by atoms with Gasteiger partial charge in [-0.15, -0.1) is 0 Å². The monoisotopic (exact) mass is 402 g/mol. The molecule has 0 aliphatic carbocycles. The number of nitrogens with two attached hydrogens (primary N) is 1. The van der Waals surface area contributed by atoms with Crippen LogP contribution >= 0.6 is 31.9 Å². The van der Waals surface area contributed by atoms with E-state index in [2.05, 4.69) is 55.1 Å². The van der Waals surface area contributed by atoms with Crippen LogP contribution < -0.4 is 5.73 Å². The van der Waals surface area contributed by atoms with Crippen molar-refractivity contribution in [1.82, 2.24) is 4.98 Å². The summed E-state index contributed by atoms with van der Waals surface area (Å²) >= 11 is 6.93. The quantitative estimate of drug-likeness (QED) is 0.572. The summed E-state index contributed by atoms with van der Waals surface area (Å²) in [5.74, 6) is 0. The Hall–Kier alpha value is -1.65. The van der Waals surface area contributed by atoms with E-state index >= 15 is 0 Å². The van der Waals surface area contributed by atoms with E-state index in [1.165, 1.54) is 0 Å². The van der Waals surface area contributed by atoms with Crippen LogP contribution in [0.5, 0.6) is 0 Å². The zero-order chi connectivity index (χ0) is 14.8. The van der Waals surface area contributed by atoms with Crippen molar-refractivity contribution in [2.24, 2.45) is 0 Å². The average Bonchev–Trinajstić information content (AvgIpc) is 2.50. The van der Waals surface area contributed by atoms with Crippen molar-refractivity contribution in [3.63, 3.8) is 0 Å². The number of rotatable bonds is 2. The first kappa shape index (κ1) is 14.3. The lowest BCUT2D eigenvalue weighted by molar-refractivity contribution is 1.41. The highest BCUT2D eigenvalue weighted by molar-refractivity contribution is 9.11. The van der Waals surface area contributed by atoms with Gasteiger partial charge in [0, 0.05) is 20.5 Å². The maximum absolute atomic E-state index is 5.91. The topological polar surface area (TPSA) is 38.9 Å². The van der Waals surface area contributed by atoms with E-state index in [-0.39, 0.29) is 0 Å². The number of halogens is 2. The van der Waals surface area contributed by atoms with Gasteiger partial charge in [0.1, 0.15) is 0 Å². The summed E-state index contributed by atoms with van der Waals surface area (Å²) in [7, 11) is 0. The van der Waals surface area contributed by atoms with E-state index in [1.54, 1.807) is 0 Å². The lowest BCUT2D eigenvalue weighted by Gasteiger charge is -2.04. The standard InChI is InChI=1S/C17H12Br2N2/c18-14-9-11(10-15(19)17(14)20)5-6-12-7-8-21-16-4-2-1-3-13(12)16/h1-10H,20H2/b6-5+. The Bertz CT molecular complexity index is 813. The average molecular weight is 404 g/mol. The van der Waals surface area contributed by atoms with Crippen LogP contribution in [0.1, 0.15) is 11.1 Å². The van der Waals surface area contributed by atoms with Gasteiger partial charge in [-0.2, -0.15) is 0 Å². The second-order valence-electron chi connectivity index (χ2n) is 4.65. The van der Waals surface area contributed by atoms with Crippen LogP contribution in [0.2, 0.25) is 0 Å². The third-order valence-corrected chi connectivity index (χ3v) is 4.55. The molecular weight excluding hydrogens is 392 g/mol. The van der Waals surface area contributed by atoms with Gasteiger partial charge in [-0.1, -0.05) is 30.4 Å². The molecule has 0 saturated carbocycles. The number of nitrogens with zero attached hydrogens (tertiary/aromatic N) is 1. The Morgan fingerprint density at radius 2 is 1.67 bits per heavy atom. The van der Waals surface area contributed by atoms with Crippen LogP contribution in [-0.4, -0.2) is 4.98 Å². The predicted octanol–water partition coefficient (Wildman–Crippen LogP) is 5.51. The molecule has 0 amide bonds. The predicted molar refractivity (Wildman–Crippen MR) is 96.9 cm³/mol. The van der Waals surface area contributed by atoms with Crippen LogP contribution in [0.25, 0.3) is 23.1 Å². The van der Waals surface area contributed by atoms with E-state index in [1.807, 2.05) is 42.6 Å². The molecule has 2 nitrogen and oxygen atoms in total. The van der Waals surface area contributed by atoms with E-state index < -0.39 is 0 Å². The normalized spacial score (nSPS) is 11.3. The molecule has 0 unspecified atom stereocenters. The number of anilines is 1. The minimum absolute atomic E-state index is 0.710. The minimum Gasteiger partial charge on any atom is -0.397 e. The largest absolute Gasteiger partial charge is 0.397 e. The van der Waals surface area contributed by atoms with Crippen molar-refractivity contribution in [2.75, 3.05) is 5.73 Å². The molecule has 21 heavy (non-hydrogen) atoms. The molecule has 0 bridgehead atoms. The minimum atomic E-state index is 0.710. The molecule has 104 valence electrons. The van der Waals surface area contributed by atoms with Crippen LogP contribution in [0.3, 0.4) is 0 Å². The second-order valence-corrected chi connectivity index (χ2v) is 6.36. The number of para-hydroxylation sites is 1. The summed E-state index contributed by atoms with van der Waals surface area (Å²) in [6, 6.07) is 14.1. The maximum Gasteiger partial charge on any atom is 0.0707 e. The van der Waals surface area contributed by atoms with Crippen LogP contribution in [0.15, 0.2) is 57.6 Å². The molecule has 1 aromatic heterocycles. The summed E-state index contributed by atoms with van der Waals surface area (Å²) in [5, 5.41) is 1.14.